The van der Waals surface area contributed by atoms with Crippen molar-refractivity contribution < 1.29 is 17.6 Å². The Morgan fingerprint density at radius 3 is 2.48 bits per heavy atom. The highest BCUT2D eigenvalue weighted by Crippen LogP contribution is 2.28. The van der Waals surface area contributed by atoms with Gasteiger partial charge in [-0.25, -0.2) is 12.8 Å². The molecule has 0 aromatic heterocycles. The Balaban J connectivity index is 1.82. The Bertz CT molecular complexity index is 901. The minimum atomic E-state index is -3.34. The summed E-state index contributed by atoms with van der Waals surface area (Å²) in [6, 6.07) is 9.88. The third kappa shape index (κ3) is 3.93. The molecule has 0 atom stereocenters. The lowest BCUT2D eigenvalue weighted by Gasteiger charge is -2.28. The largest absolute Gasteiger partial charge is 0.322 e. The van der Waals surface area contributed by atoms with Gasteiger partial charge in [0, 0.05) is 12.2 Å². The first-order chi connectivity index (χ1) is 11.9. The molecule has 25 heavy (non-hydrogen) atoms. The number of carbonyl (C=O) groups excluding carboxylic acids is 1. The van der Waals surface area contributed by atoms with Gasteiger partial charge in [0.25, 0.3) is 5.91 Å². The van der Waals surface area contributed by atoms with Crippen molar-refractivity contribution in [3.63, 3.8) is 0 Å². The second-order valence-corrected chi connectivity index (χ2v) is 8.14. The number of hydrogen-bond acceptors (Lipinski definition) is 3. The normalized spacial score (nSPS) is 16.5. The molecule has 8 heteroatoms. The fraction of sp³-hybridized carbons (Fsp3) is 0.235. The van der Waals surface area contributed by atoms with E-state index in [4.69, 9.17) is 11.6 Å². The van der Waals surface area contributed by atoms with Crippen LogP contribution in [0.3, 0.4) is 0 Å². The molecule has 1 heterocycles. The molecule has 0 bridgehead atoms. The summed E-state index contributed by atoms with van der Waals surface area (Å²) in [7, 11) is -3.34. The van der Waals surface area contributed by atoms with Gasteiger partial charge in [-0.05, 0) is 55.3 Å². The van der Waals surface area contributed by atoms with Gasteiger partial charge in [-0.3, -0.25) is 9.10 Å². The highest BCUT2D eigenvalue weighted by Gasteiger charge is 2.26. The number of rotatable bonds is 3. The molecule has 1 N–H and O–H groups in total. The van der Waals surface area contributed by atoms with Gasteiger partial charge in [-0.1, -0.05) is 11.6 Å². The van der Waals surface area contributed by atoms with Gasteiger partial charge < -0.3 is 5.32 Å². The topological polar surface area (TPSA) is 66.5 Å². The third-order valence-corrected chi connectivity index (χ3v) is 6.12. The Labute approximate surface area is 150 Å². The summed E-state index contributed by atoms with van der Waals surface area (Å²) >= 11 is 6.19. The van der Waals surface area contributed by atoms with Crippen LogP contribution in [0.15, 0.2) is 42.5 Å². The third-order valence-electron chi connectivity index (χ3n) is 3.94. The second-order valence-electron chi connectivity index (χ2n) is 5.72. The molecule has 2 aromatic carbocycles. The molecule has 1 fully saturated rings. The Kier molecular flexibility index (Phi) is 4.96. The van der Waals surface area contributed by atoms with Crippen molar-refractivity contribution in [3.8, 4) is 0 Å². The van der Waals surface area contributed by atoms with Crippen molar-refractivity contribution in [2.45, 2.75) is 12.8 Å². The van der Waals surface area contributed by atoms with Gasteiger partial charge in [0.05, 0.1) is 22.0 Å². The quantitative estimate of drug-likeness (QED) is 0.880. The number of halogens is 2. The Morgan fingerprint density at radius 1 is 1.12 bits per heavy atom. The van der Waals surface area contributed by atoms with Crippen LogP contribution in [0.1, 0.15) is 23.2 Å². The summed E-state index contributed by atoms with van der Waals surface area (Å²) in [5, 5.41) is 2.77. The fourth-order valence-electron chi connectivity index (χ4n) is 2.65. The average molecular weight is 383 g/mol. The molecule has 0 unspecified atom stereocenters. The highest BCUT2D eigenvalue weighted by atomic mass is 35.5. The molecule has 1 amide bonds. The lowest BCUT2D eigenvalue weighted by Crippen LogP contribution is -2.37. The molecular formula is C17H16ClFN2O3S. The van der Waals surface area contributed by atoms with E-state index in [1.54, 1.807) is 6.07 Å². The van der Waals surface area contributed by atoms with Crippen LogP contribution in [-0.2, 0) is 10.0 Å². The molecule has 132 valence electrons. The van der Waals surface area contributed by atoms with E-state index < -0.39 is 21.7 Å². The van der Waals surface area contributed by atoms with Crippen LogP contribution in [0.25, 0.3) is 0 Å². The minimum Gasteiger partial charge on any atom is -0.322 e. The van der Waals surface area contributed by atoms with E-state index in [1.807, 2.05) is 0 Å². The number of hydrogen-bond donors (Lipinski definition) is 1. The van der Waals surface area contributed by atoms with Crippen LogP contribution in [0, 0.1) is 5.82 Å². The van der Waals surface area contributed by atoms with Crippen LogP contribution in [0.2, 0.25) is 5.02 Å². The fourth-order valence-corrected chi connectivity index (χ4v) is 4.55. The smallest absolute Gasteiger partial charge is 0.257 e. The van der Waals surface area contributed by atoms with E-state index in [0.717, 1.165) is 6.42 Å². The summed E-state index contributed by atoms with van der Waals surface area (Å²) in [6.07, 6.45) is 1.42. The van der Waals surface area contributed by atoms with Crippen molar-refractivity contribution in [2.24, 2.45) is 0 Å². The number of nitrogens with one attached hydrogen (secondary N) is 1. The monoisotopic (exact) mass is 382 g/mol. The number of sulfonamides is 1. The SMILES string of the molecule is O=C(Nc1ccc(F)cc1)c1ccc(N2CCCCS2(=O)=O)cc1Cl. The van der Waals surface area contributed by atoms with Crippen molar-refractivity contribution in [1.82, 2.24) is 0 Å². The maximum atomic E-state index is 12.9. The molecule has 0 spiro atoms. The summed E-state index contributed by atoms with van der Waals surface area (Å²) in [5.74, 6) is -0.745. The van der Waals surface area contributed by atoms with Gasteiger partial charge >= 0.3 is 0 Å². The van der Waals surface area contributed by atoms with E-state index in [9.17, 15) is 17.6 Å². The number of amides is 1. The van der Waals surface area contributed by atoms with Gasteiger partial charge in [-0.15, -0.1) is 0 Å². The summed E-state index contributed by atoms with van der Waals surface area (Å²) in [5.41, 5.74) is 1.09. The van der Waals surface area contributed by atoms with Gasteiger partial charge in [0.15, 0.2) is 0 Å². The molecule has 2 aromatic rings. The molecule has 0 radical (unpaired) electrons. The van der Waals surface area contributed by atoms with Gasteiger partial charge in [0.2, 0.25) is 10.0 Å². The zero-order valence-corrected chi connectivity index (χ0v) is 14.8. The number of carbonyl (C=O) groups is 1. The maximum absolute atomic E-state index is 12.9. The van der Waals surface area contributed by atoms with E-state index >= 15 is 0 Å². The first-order valence-electron chi connectivity index (χ1n) is 7.74. The molecule has 5 nitrogen and oxygen atoms in total. The predicted molar refractivity (Wildman–Crippen MR) is 96.2 cm³/mol. The molecule has 1 aliphatic rings. The summed E-state index contributed by atoms with van der Waals surface area (Å²) in [4.78, 5) is 12.3. The molecular weight excluding hydrogens is 367 g/mol. The predicted octanol–water partition coefficient (Wildman–Crippen LogP) is 3.66. The van der Waals surface area contributed by atoms with E-state index in [1.165, 1.54) is 40.7 Å². The van der Waals surface area contributed by atoms with Crippen molar-refractivity contribution in [2.75, 3.05) is 21.9 Å². The molecule has 1 aliphatic heterocycles. The van der Waals surface area contributed by atoms with Crippen molar-refractivity contribution in [1.29, 1.82) is 0 Å². The Morgan fingerprint density at radius 2 is 1.84 bits per heavy atom. The van der Waals surface area contributed by atoms with E-state index in [-0.39, 0.29) is 16.3 Å². The van der Waals surface area contributed by atoms with Crippen LogP contribution in [0.4, 0.5) is 15.8 Å². The lowest BCUT2D eigenvalue weighted by atomic mass is 10.1. The Hall–Kier alpha value is -2.12. The van der Waals surface area contributed by atoms with Gasteiger partial charge in [0.1, 0.15) is 5.82 Å². The zero-order chi connectivity index (χ0) is 18.0. The van der Waals surface area contributed by atoms with E-state index in [0.29, 0.717) is 24.3 Å². The van der Waals surface area contributed by atoms with Crippen LogP contribution in [-0.4, -0.2) is 26.6 Å². The van der Waals surface area contributed by atoms with Crippen molar-refractivity contribution >= 4 is 38.9 Å². The highest BCUT2D eigenvalue weighted by molar-refractivity contribution is 7.92. The zero-order valence-electron chi connectivity index (χ0n) is 13.2. The first-order valence-corrected chi connectivity index (χ1v) is 9.72. The standard InChI is InChI=1S/C17H16ClFN2O3S/c18-16-11-14(21-9-1-2-10-25(21,23)24)7-8-15(16)17(22)20-13-5-3-12(19)4-6-13/h3-8,11H,1-2,9-10H2,(H,20,22). The molecule has 0 aliphatic carbocycles. The second kappa shape index (κ2) is 7.01. The maximum Gasteiger partial charge on any atom is 0.257 e. The number of benzene rings is 2. The summed E-state index contributed by atoms with van der Waals surface area (Å²) in [6.45, 7) is 0.403. The lowest BCUT2D eigenvalue weighted by molar-refractivity contribution is 0.102. The number of anilines is 2. The number of nitrogens with zero attached hydrogens (tertiary/aromatic N) is 1. The molecule has 1 saturated heterocycles. The van der Waals surface area contributed by atoms with E-state index in [2.05, 4.69) is 5.32 Å². The van der Waals surface area contributed by atoms with Crippen molar-refractivity contribution in [3.05, 3.63) is 58.9 Å². The molecule has 3 rings (SSSR count). The first kappa shape index (κ1) is 17.7. The summed E-state index contributed by atoms with van der Waals surface area (Å²) < 4.78 is 38.5. The van der Waals surface area contributed by atoms with Crippen LogP contribution < -0.4 is 9.62 Å². The van der Waals surface area contributed by atoms with Crippen LogP contribution in [0.5, 0.6) is 0 Å². The average Bonchev–Trinajstić information content (AvgIpc) is 2.56. The minimum absolute atomic E-state index is 0.109. The molecule has 0 saturated carbocycles. The van der Waals surface area contributed by atoms with Gasteiger partial charge in [-0.2, -0.15) is 0 Å². The van der Waals surface area contributed by atoms with Crippen LogP contribution >= 0.6 is 11.6 Å².